The second-order valence-electron chi connectivity index (χ2n) is 11.5. The lowest BCUT2D eigenvalue weighted by Crippen LogP contribution is -2.64. The lowest BCUT2D eigenvalue weighted by molar-refractivity contribution is -0.147. The Bertz CT molecular complexity index is 1320. The Hall–Kier alpha value is -3.32. The summed E-state index contributed by atoms with van der Waals surface area (Å²) in [6, 6.07) is 14.5. The van der Waals surface area contributed by atoms with Crippen molar-refractivity contribution in [3.8, 4) is 11.3 Å². The molecule has 12 heteroatoms. The summed E-state index contributed by atoms with van der Waals surface area (Å²) >= 11 is 0. The molecule has 0 radical (unpaired) electrons. The zero-order valence-electron chi connectivity index (χ0n) is 23.6. The number of esters is 1. The number of rotatable bonds is 10. The van der Waals surface area contributed by atoms with Crippen molar-refractivity contribution in [1.82, 2.24) is 25.3 Å². The third-order valence-electron chi connectivity index (χ3n) is 8.19. The first-order valence-electron chi connectivity index (χ1n) is 14.1. The van der Waals surface area contributed by atoms with Gasteiger partial charge in [0.2, 0.25) is 0 Å². The van der Waals surface area contributed by atoms with Crippen molar-refractivity contribution in [2.45, 2.75) is 56.8 Å². The fourth-order valence-electron chi connectivity index (χ4n) is 5.77. The monoisotopic (exact) mass is 587 g/mol. The van der Waals surface area contributed by atoms with Gasteiger partial charge in [-0.1, -0.05) is 41.6 Å². The second-order valence-corrected chi connectivity index (χ2v) is 11.5. The van der Waals surface area contributed by atoms with Crippen LogP contribution in [0.5, 0.6) is 0 Å². The second kappa shape index (κ2) is 12.5. The zero-order chi connectivity index (χ0) is 29.9. The van der Waals surface area contributed by atoms with Gasteiger partial charge in [-0.05, 0) is 38.3 Å². The lowest BCUT2D eigenvalue weighted by atomic mass is 9.94. The van der Waals surface area contributed by atoms with E-state index in [2.05, 4.69) is 20.4 Å². The van der Waals surface area contributed by atoms with Gasteiger partial charge in [0.05, 0.1) is 24.0 Å². The minimum absolute atomic E-state index is 0.250. The number of alkyl halides is 3. The summed E-state index contributed by atoms with van der Waals surface area (Å²) < 4.78 is 50.5. The molecule has 1 unspecified atom stereocenters. The van der Waals surface area contributed by atoms with E-state index in [0.717, 1.165) is 11.1 Å². The average Bonchev–Trinajstić information content (AvgIpc) is 3.60. The highest BCUT2D eigenvalue weighted by Crippen LogP contribution is 2.34. The van der Waals surface area contributed by atoms with E-state index < -0.39 is 36.6 Å². The number of aromatic nitrogens is 2. The van der Waals surface area contributed by atoms with Crippen molar-refractivity contribution in [1.29, 1.82) is 0 Å². The molecule has 2 aromatic heterocycles. The van der Waals surface area contributed by atoms with Crippen molar-refractivity contribution in [3.05, 3.63) is 72.2 Å². The molecule has 5 rings (SSSR count). The molecule has 0 amide bonds. The number of aliphatic hydroxyl groups excluding tert-OH is 1. The van der Waals surface area contributed by atoms with Gasteiger partial charge in [-0.3, -0.25) is 24.9 Å². The molecule has 2 N–H and O–H groups in total. The van der Waals surface area contributed by atoms with Gasteiger partial charge in [-0.15, -0.1) is 0 Å². The normalized spacial score (nSPS) is 23.2. The van der Waals surface area contributed by atoms with Gasteiger partial charge < -0.3 is 14.4 Å². The Balaban J connectivity index is 1.29. The standard InChI is InChI=1S/C30H36F3N5O4/c1-29(2,26-15-24(36-42-26)21-8-4-3-5-9-21)38-12-11-37(25(18-38)27(39)35-19-30(31,32)33)17-23-14-22(28(40)41-23)13-20-7-6-10-34-16-20/h3-10,15-16,22-23,25,27,35,39H,11-14,17-19H2,1-2H3/t22-,23+,25+,27?/m1/s1. The first-order valence-corrected chi connectivity index (χ1v) is 14.1. The van der Waals surface area contributed by atoms with Crippen LogP contribution in [-0.4, -0.2) is 88.3 Å². The molecule has 0 aliphatic carbocycles. The van der Waals surface area contributed by atoms with E-state index >= 15 is 0 Å². The van der Waals surface area contributed by atoms with Crippen LogP contribution in [0.15, 0.2) is 65.4 Å². The molecular weight excluding hydrogens is 551 g/mol. The fourth-order valence-corrected chi connectivity index (χ4v) is 5.77. The maximum atomic E-state index is 13.0. The molecule has 2 aliphatic rings. The first-order chi connectivity index (χ1) is 20.0. The Labute approximate surface area is 242 Å². The average molecular weight is 588 g/mol. The number of carbonyl (C=O) groups is 1. The molecule has 1 aromatic carbocycles. The number of hydrogen-bond donors (Lipinski definition) is 2. The van der Waals surface area contributed by atoms with Gasteiger partial charge >= 0.3 is 12.1 Å². The van der Waals surface area contributed by atoms with Crippen LogP contribution in [0.25, 0.3) is 11.3 Å². The third-order valence-corrected chi connectivity index (χ3v) is 8.19. The van der Waals surface area contributed by atoms with E-state index in [4.69, 9.17) is 9.26 Å². The van der Waals surface area contributed by atoms with Crippen LogP contribution >= 0.6 is 0 Å². The van der Waals surface area contributed by atoms with Crippen molar-refractivity contribution >= 4 is 5.97 Å². The minimum Gasteiger partial charge on any atom is -0.461 e. The fraction of sp³-hybridized carbons (Fsp3) is 0.500. The minimum atomic E-state index is -4.48. The first kappa shape index (κ1) is 30.1. The van der Waals surface area contributed by atoms with Crippen LogP contribution in [0.4, 0.5) is 13.2 Å². The SMILES string of the molecule is CC(C)(c1cc(-c2ccccc2)no1)N1CCN(C[C@@H]2C[C@@H](Cc3cccnc3)C(=O)O2)[C@H](C(O)NCC(F)(F)F)C1. The van der Waals surface area contributed by atoms with E-state index in [9.17, 15) is 23.1 Å². The van der Waals surface area contributed by atoms with Crippen molar-refractivity contribution in [2.75, 3.05) is 32.7 Å². The summed E-state index contributed by atoms with van der Waals surface area (Å²) in [5.74, 6) is -0.0128. The third kappa shape index (κ3) is 7.17. The number of benzene rings is 1. The lowest BCUT2D eigenvalue weighted by Gasteiger charge is -2.48. The van der Waals surface area contributed by atoms with Crippen molar-refractivity contribution in [2.24, 2.45) is 5.92 Å². The van der Waals surface area contributed by atoms with Crippen molar-refractivity contribution < 1.29 is 32.3 Å². The van der Waals surface area contributed by atoms with Gasteiger partial charge in [0.25, 0.3) is 0 Å². The van der Waals surface area contributed by atoms with Crippen LogP contribution in [0.3, 0.4) is 0 Å². The molecule has 2 fully saturated rings. The molecule has 4 atom stereocenters. The maximum absolute atomic E-state index is 13.0. The number of carbonyl (C=O) groups excluding carboxylic acids is 1. The van der Waals surface area contributed by atoms with Crippen LogP contribution in [-0.2, 0) is 21.5 Å². The Morgan fingerprint density at radius 1 is 1.14 bits per heavy atom. The van der Waals surface area contributed by atoms with Crippen LogP contribution in [0.2, 0.25) is 0 Å². The molecule has 4 heterocycles. The number of aliphatic hydroxyl groups is 1. The number of ether oxygens (including phenoxy) is 1. The number of piperazine rings is 1. The number of pyridine rings is 1. The highest BCUT2D eigenvalue weighted by Gasteiger charge is 2.43. The van der Waals surface area contributed by atoms with Gasteiger partial charge in [-0.2, -0.15) is 13.2 Å². The molecule has 2 aliphatic heterocycles. The highest BCUT2D eigenvalue weighted by atomic mass is 19.4. The number of nitrogens with one attached hydrogen (secondary N) is 1. The summed E-state index contributed by atoms with van der Waals surface area (Å²) in [6.07, 6.45) is -2.00. The zero-order valence-corrected chi connectivity index (χ0v) is 23.6. The number of halogens is 3. The summed E-state index contributed by atoms with van der Waals surface area (Å²) in [5.41, 5.74) is 1.86. The smallest absolute Gasteiger partial charge is 0.401 e. The van der Waals surface area contributed by atoms with E-state index in [0.29, 0.717) is 43.9 Å². The molecular formula is C30H36F3N5O4. The van der Waals surface area contributed by atoms with E-state index in [1.807, 2.05) is 67.3 Å². The summed E-state index contributed by atoms with van der Waals surface area (Å²) in [4.78, 5) is 20.7. The topological polar surface area (TPSA) is 104 Å². The van der Waals surface area contributed by atoms with Gasteiger partial charge in [0, 0.05) is 50.2 Å². The molecule has 0 saturated carbocycles. The van der Waals surface area contributed by atoms with Gasteiger partial charge in [-0.25, -0.2) is 0 Å². The number of cyclic esters (lactones) is 1. The van der Waals surface area contributed by atoms with Crippen LogP contribution in [0.1, 0.15) is 31.6 Å². The Morgan fingerprint density at radius 2 is 1.93 bits per heavy atom. The van der Waals surface area contributed by atoms with Crippen LogP contribution < -0.4 is 5.32 Å². The van der Waals surface area contributed by atoms with Crippen LogP contribution in [0, 0.1) is 5.92 Å². The summed E-state index contributed by atoms with van der Waals surface area (Å²) in [6.45, 7) is 4.16. The van der Waals surface area contributed by atoms with Gasteiger partial charge in [0.1, 0.15) is 18.0 Å². The van der Waals surface area contributed by atoms with Crippen molar-refractivity contribution in [3.63, 3.8) is 0 Å². The highest BCUT2D eigenvalue weighted by molar-refractivity contribution is 5.75. The molecule has 42 heavy (non-hydrogen) atoms. The molecule has 9 nitrogen and oxygen atoms in total. The largest absolute Gasteiger partial charge is 0.461 e. The summed E-state index contributed by atoms with van der Waals surface area (Å²) in [7, 11) is 0. The molecule has 3 aromatic rings. The predicted octanol–water partition coefficient (Wildman–Crippen LogP) is 3.60. The molecule has 0 spiro atoms. The van der Waals surface area contributed by atoms with Gasteiger partial charge in [0.15, 0.2) is 5.76 Å². The molecule has 226 valence electrons. The maximum Gasteiger partial charge on any atom is 0.401 e. The summed E-state index contributed by atoms with van der Waals surface area (Å²) in [5, 5.41) is 17.4. The quantitative estimate of drug-likeness (QED) is 0.272. The predicted molar refractivity (Wildman–Crippen MR) is 148 cm³/mol. The Morgan fingerprint density at radius 3 is 2.64 bits per heavy atom. The van der Waals surface area contributed by atoms with E-state index in [1.54, 1.807) is 12.4 Å². The Kier molecular flexibility index (Phi) is 8.97. The number of hydrogen-bond acceptors (Lipinski definition) is 9. The number of nitrogens with zero attached hydrogens (tertiary/aromatic N) is 4. The molecule has 0 bridgehead atoms. The van der Waals surface area contributed by atoms with E-state index in [-0.39, 0.29) is 18.4 Å². The van der Waals surface area contributed by atoms with E-state index in [1.165, 1.54) is 0 Å². The molecule has 2 saturated heterocycles.